The lowest BCUT2D eigenvalue weighted by atomic mass is 9.98. The molecule has 0 aliphatic carbocycles. The van der Waals surface area contributed by atoms with Crippen LogP contribution in [0.5, 0.6) is 0 Å². The van der Waals surface area contributed by atoms with Crippen LogP contribution in [0, 0.1) is 0 Å². The monoisotopic (exact) mass is 283 g/mol. The number of hydrogen-bond donors (Lipinski definition) is 1. The average Bonchev–Trinajstić information content (AvgIpc) is 2.92. The standard InChI is InChI=1S/C18H21NS/c1-14(15-7-3-2-4-8-15)11-12-19-17-13-20-18-10-6-5-9-16(17)18/h2-10,14,17,19H,11-13H2,1H3. The van der Waals surface area contributed by atoms with Gasteiger partial charge in [0.05, 0.1) is 0 Å². The van der Waals surface area contributed by atoms with E-state index in [0.29, 0.717) is 12.0 Å². The van der Waals surface area contributed by atoms with Gasteiger partial charge in [-0.15, -0.1) is 11.8 Å². The molecule has 0 fully saturated rings. The number of rotatable bonds is 5. The van der Waals surface area contributed by atoms with Crippen molar-refractivity contribution in [3.8, 4) is 0 Å². The van der Waals surface area contributed by atoms with E-state index in [1.165, 1.54) is 28.2 Å². The molecule has 104 valence electrons. The predicted molar refractivity (Wildman–Crippen MR) is 87.4 cm³/mol. The Morgan fingerprint density at radius 3 is 2.70 bits per heavy atom. The number of hydrogen-bond acceptors (Lipinski definition) is 2. The van der Waals surface area contributed by atoms with E-state index >= 15 is 0 Å². The van der Waals surface area contributed by atoms with Gasteiger partial charge in [-0.1, -0.05) is 55.5 Å². The van der Waals surface area contributed by atoms with Crippen molar-refractivity contribution < 1.29 is 0 Å². The second-order valence-corrected chi connectivity index (χ2v) is 6.52. The van der Waals surface area contributed by atoms with Gasteiger partial charge in [0.15, 0.2) is 0 Å². The Morgan fingerprint density at radius 1 is 1.10 bits per heavy atom. The summed E-state index contributed by atoms with van der Waals surface area (Å²) in [4.78, 5) is 1.45. The molecule has 2 aromatic carbocycles. The molecule has 0 saturated heterocycles. The third-order valence-corrected chi connectivity index (χ3v) is 5.22. The third-order valence-electron chi connectivity index (χ3n) is 4.04. The van der Waals surface area contributed by atoms with E-state index in [-0.39, 0.29) is 0 Å². The van der Waals surface area contributed by atoms with Gasteiger partial charge < -0.3 is 5.32 Å². The van der Waals surface area contributed by atoms with Crippen LogP contribution in [0.25, 0.3) is 0 Å². The number of fused-ring (bicyclic) bond motifs is 1. The maximum atomic E-state index is 3.72. The van der Waals surface area contributed by atoms with Crippen LogP contribution in [0.1, 0.15) is 36.4 Å². The molecule has 1 N–H and O–H groups in total. The highest BCUT2D eigenvalue weighted by molar-refractivity contribution is 7.99. The molecule has 0 radical (unpaired) electrons. The molecule has 0 aromatic heterocycles. The zero-order chi connectivity index (χ0) is 13.8. The second-order valence-electron chi connectivity index (χ2n) is 5.46. The first-order valence-electron chi connectivity index (χ1n) is 7.34. The summed E-state index contributed by atoms with van der Waals surface area (Å²) in [6.45, 7) is 3.39. The Balaban J connectivity index is 1.52. The van der Waals surface area contributed by atoms with Gasteiger partial charge >= 0.3 is 0 Å². The lowest BCUT2D eigenvalue weighted by Gasteiger charge is -2.16. The molecule has 2 aromatic rings. The zero-order valence-electron chi connectivity index (χ0n) is 11.9. The Bertz CT molecular complexity index is 552. The summed E-state index contributed by atoms with van der Waals surface area (Å²) < 4.78 is 0. The smallest absolute Gasteiger partial charge is 0.0426 e. The van der Waals surface area contributed by atoms with Gasteiger partial charge in [0, 0.05) is 16.7 Å². The summed E-state index contributed by atoms with van der Waals surface area (Å²) >= 11 is 1.97. The van der Waals surface area contributed by atoms with E-state index in [1.807, 2.05) is 11.8 Å². The van der Waals surface area contributed by atoms with Crippen molar-refractivity contribution in [1.29, 1.82) is 0 Å². The van der Waals surface area contributed by atoms with Gasteiger partial charge in [0.25, 0.3) is 0 Å². The Morgan fingerprint density at radius 2 is 1.85 bits per heavy atom. The first kappa shape index (κ1) is 13.7. The van der Waals surface area contributed by atoms with Crippen LogP contribution in [0.15, 0.2) is 59.5 Å². The van der Waals surface area contributed by atoms with Crippen molar-refractivity contribution in [2.45, 2.75) is 30.2 Å². The minimum atomic E-state index is 0.527. The lowest BCUT2D eigenvalue weighted by Crippen LogP contribution is -2.23. The van der Waals surface area contributed by atoms with E-state index < -0.39 is 0 Å². The molecule has 2 unspecified atom stereocenters. The average molecular weight is 283 g/mol. The molecule has 1 nitrogen and oxygen atoms in total. The van der Waals surface area contributed by atoms with E-state index in [9.17, 15) is 0 Å². The van der Waals surface area contributed by atoms with Crippen LogP contribution in [-0.2, 0) is 0 Å². The van der Waals surface area contributed by atoms with Gasteiger partial charge in [-0.05, 0) is 36.1 Å². The van der Waals surface area contributed by atoms with Crippen LogP contribution in [0.2, 0.25) is 0 Å². The van der Waals surface area contributed by atoms with Crippen molar-refractivity contribution >= 4 is 11.8 Å². The molecule has 0 amide bonds. The molecule has 0 bridgehead atoms. The van der Waals surface area contributed by atoms with E-state index in [4.69, 9.17) is 0 Å². The molecular formula is C18H21NS. The molecular weight excluding hydrogens is 262 g/mol. The quantitative estimate of drug-likeness (QED) is 0.859. The van der Waals surface area contributed by atoms with Gasteiger partial charge in [-0.3, -0.25) is 0 Å². The van der Waals surface area contributed by atoms with Crippen LogP contribution >= 0.6 is 11.8 Å². The summed E-state index contributed by atoms with van der Waals surface area (Å²) in [5.41, 5.74) is 2.92. The normalized spacial score (nSPS) is 18.8. The van der Waals surface area contributed by atoms with Crippen LogP contribution < -0.4 is 5.32 Å². The van der Waals surface area contributed by atoms with Crippen molar-refractivity contribution in [1.82, 2.24) is 5.32 Å². The fourth-order valence-electron chi connectivity index (χ4n) is 2.75. The lowest BCUT2D eigenvalue weighted by molar-refractivity contribution is 0.537. The number of nitrogens with one attached hydrogen (secondary N) is 1. The van der Waals surface area contributed by atoms with Crippen molar-refractivity contribution in [2.75, 3.05) is 12.3 Å². The summed E-state index contributed by atoms with van der Waals surface area (Å²) in [7, 11) is 0. The third kappa shape index (κ3) is 3.08. The van der Waals surface area contributed by atoms with E-state index in [1.54, 1.807) is 0 Å². The maximum absolute atomic E-state index is 3.72. The molecule has 1 aliphatic rings. The zero-order valence-corrected chi connectivity index (χ0v) is 12.7. The fourth-order valence-corrected chi connectivity index (χ4v) is 3.95. The Kier molecular flexibility index (Phi) is 4.44. The summed E-state index contributed by atoms with van der Waals surface area (Å²) in [5, 5.41) is 3.72. The van der Waals surface area contributed by atoms with E-state index in [0.717, 1.165) is 6.54 Å². The molecule has 3 rings (SSSR count). The van der Waals surface area contributed by atoms with Crippen LogP contribution in [0.3, 0.4) is 0 Å². The van der Waals surface area contributed by atoms with Gasteiger partial charge in [-0.25, -0.2) is 0 Å². The largest absolute Gasteiger partial charge is 0.309 e. The Hall–Kier alpha value is -1.25. The first-order chi connectivity index (χ1) is 9.84. The number of thioether (sulfide) groups is 1. The molecule has 1 heterocycles. The summed E-state index contributed by atoms with van der Waals surface area (Å²) in [6.07, 6.45) is 1.19. The van der Waals surface area contributed by atoms with Crippen molar-refractivity contribution in [2.24, 2.45) is 0 Å². The molecule has 1 aliphatic heterocycles. The van der Waals surface area contributed by atoms with Crippen LogP contribution in [0.4, 0.5) is 0 Å². The minimum Gasteiger partial charge on any atom is -0.309 e. The van der Waals surface area contributed by atoms with Gasteiger partial charge in [-0.2, -0.15) is 0 Å². The molecule has 20 heavy (non-hydrogen) atoms. The van der Waals surface area contributed by atoms with E-state index in [2.05, 4.69) is 66.8 Å². The van der Waals surface area contributed by atoms with Crippen molar-refractivity contribution in [3.63, 3.8) is 0 Å². The van der Waals surface area contributed by atoms with Gasteiger partial charge in [0.2, 0.25) is 0 Å². The molecule has 2 atom stereocenters. The fraction of sp³-hybridized carbons (Fsp3) is 0.333. The minimum absolute atomic E-state index is 0.527. The first-order valence-corrected chi connectivity index (χ1v) is 8.33. The SMILES string of the molecule is CC(CCNC1CSc2ccccc21)c1ccccc1. The second kappa shape index (κ2) is 6.47. The topological polar surface area (TPSA) is 12.0 Å². The summed E-state index contributed by atoms with van der Waals surface area (Å²) in [6, 6.07) is 20.1. The molecule has 0 saturated carbocycles. The Labute approximate surface area is 125 Å². The highest BCUT2D eigenvalue weighted by atomic mass is 32.2. The van der Waals surface area contributed by atoms with Gasteiger partial charge in [0.1, 0.15) is 0 Å². The summed E-state index contributed by atoms with van der Waals surface area (Å²) in [5.74, 6) is 1.78. The maximum Gasteiger partial charge on any atom is 0.0426 e. The number of benzene rings is 2. The highest BCUT2D eigenvalue weighted by Crippen LogP contribution is 2.37. The molecule has 0 spiro atoms. The van der Waals surface area contributed by atoms with Crippen molar-refractivity contribution in [3.05, 3.63) is 65.7 Å². The highest BCUT2D eigenvalue weighted by Gasteiger charge is 2.21. The predicted octanol–water partition coefficient (Wildman–Crippen LogP) is 4.62. The molecule has 2 heteroatoms. The van der Waals surface area contributed by atoms with Crippen LogP contribution in [-0.4, -0.2) is 12.3 Å².